The van der Waals surface area contributed by atoms with Crippen molar-refractivity contribution in [2.24, 2.45) is 17.8 Å². The number of carbonyl (C=O) groups excluding carboxylic acids is 3. The van der Waals surface area contributed by atoms with Crippen LogP contribution in [0.1, 0.15) is 26.7 Å². The Morgan fingerprint density at radius 3 is 2.64 bits per heavy atom. The van der Waals surface area contributed by atoms with E-state index in [1.165, 1.54) is 0 Å². The van der Waals surface area contributed by atoms with Gasteiger partial charge in [-0.15, -0.1) is 24.9 Å². The summed E-state index contributed by atoms with van der Waals surface area (Å²) in [6.07, 6.45) is 4.52. The van der Waals surface area contributed by atoms with Crippen LogP contribution in [0.5, 0.6) is 0 Å². The Labute approximate surface area is 244 Å². The number of alkyl halides is 1. The molecule has 0 saturated carbocycles. The molecule has 4 aliphatic rings. The number of nitrogens with zero attached hydrogens (tertiary/aromatic N) is 3. The molecule has 9 nitrogen and oxygen atoms in total. The molecule has 7 atom stereocenters. The maximum absolute atomic E-state index is 14.5. The number of aliphatic hydroxyl groups is 1. The van der Waals surface area contributed by atoms with Gasteiger partial charge in [-0.05, 0) is 18.8 Å². The van der Waals surface area contributed by atoms with E-state index in [0.717, 1.165) is 13.1 Å². The summed E-state index contributed by atoms with van der Waals surface area (Å²) in [5.74, 6) is -2.18. The molecule has 0 aliphatic carbocycles. The Bertz CT molecular complexity index is 946. The van der Waals surface area contributed by atoms with Crippen LogP contribution in [0, 0.1) is 17.8 Å². The van der Waals surface area contributed by atoms with Gasteiger partial charge in [0.25, 0.3) is 0 Å². The lowest BCUT2D eigenvalue weighted by molar-refractivity contribution is -0.154. The predicted octanol–water partition coefficient (Wildman–Crippen LogP) is 1.93. The summed E-state index contributed by atoms with van der Waals surface area (Å²) < 4.78 is 10.3. The van der Waals surface area contributed by atoms with Gasteiger partial charge in [0.05, 0.1) is 49.1 Å². The maximum Gasteiger partial charge on any atom is 0.310 e. The summed E-state index contributed by atoms with van der Waals surface area (Å²) in [5.41, 5.74) is 0. The van der Waals surface area contributed by atoms with Gasteiger partial charge in [0.15, 0.2) is 0 Å². The summed E-state index contributed by atoms with van der Waals surface area (Å²) >= 11 is 5.37. The van der Waals surface area contributed by atoms with Crippen molar-refractivity contribution in [3.63, 3.8) is 0 Å². The lowest BCUT2D eigenvalue weighted by Crippen LogP contribution is -2.59. The highest BCUT2D eigenvalue weighted by atomic mass is 79.9. The van der Waals surface area contributed by atoms with Crippen LogP contribution in [0.15, 0.2) is 25.3 Å². The van der Waals surface area contributed by atoms with Crippen LogP contribution in [0.4, 0.5) is 0 Å². The molecule has 2 amide bonds. The molecular weight excluding hydrogens is 586 g/mol. The van der Waals surface area contributed by atoms with E-state index in [-0.39, 0.29) is 41.0 Å². The van der Waals surface area contributed by atoms with Crippen LogP contribution < -0.4 is 0 Å². The van der Waals surface area contributed by atoms with E-state index in [0.29, 0.717) is 45.7 Å². The standard InChI is InChI=1S/C28H42BrN3O6S/c1-5-7-13-38-27(36)21-22-25(34)32(20(17-33)18(3)4)24(28(22)16-19(29)23(21)39-28)26(35)31(8-6-2)10-9-30-11-14-37-15-12-30/h5-6,18-24,33H,1-2,7-17H2,3-4H3/t19?,20-,21-,22-,23-,24?,28?/m0/s1. The largest absolute Gasteiger partial charge is 0.465 e. The van der Waals surface area contributed by atoms with E-state index in [9.17, 15) is 19.5 Å². The number of morpholine rings is 1. The minimum absolute atomic E-state index is 0.0356. The molecule has 11 heteroatoms. The van der Waals surface area contributed by atoms with Crippen molar-refractivity contribution in [1.82, 2.24) is 14.7 Å². The van der Waals surface area contributed by atoms with Gasteiger partial charge >= 0.3 is 5.97 Å². The Morgan fingerprint density at radius 1 is 1.31 bits per heavy atom. The number of hydrogen-bond acceptors (Lipinski definition) is 8. The second-order valence-electron chi connectivity index (χ2n) is 11.2. The molecule has 39 heavy (non-hydrogen) atoms. The molecule has 4 fully saturated rings. The summed E-state index contributed by atoms with van der Waals surface area (Å²) in [6, 6.07) is -1.33. The molecule has 0 aromatic rings. The van der Waals surface area contributed by atoms with Crippen LogP contribution >= 0.6 is 27.7 Å². The number of aliphatic hydroxyl groups excluding tert-OH is 1. The van der Waals surface area contributed by atoms with Crippen molar-refractivity contribution >= 4 is 45.5 Å². The molecule has 218 valence electrons. The highest BCUT2D eigenvalue weighted by molar-refractivity contribution is 9.09. The van der Waals surface area contributed by atoms with Crippen LogP contribution in [0.25, 0.3) is 0 Å². The SMILES string of the molecule is C=CCCOC(=O)[C@H]1[C@H]2C(=O)N([C@@H](CO)C(C)C)C(C(=O)N(CC=C)CCN3CCOCC3)C23CC(Br)[C@@H]1S3. The molecule has 0 aromatic carbocycles. The first-order chi connectivity index (χ1) is 18.7. The number of amides is 2. The molecule has 2 bridgehead atoms. The number of fused-ring (bicyclic) bond motifs is 1. The number of carbonyl (C=O) groups is 3. The lowest BCUT2D eigenvalue weighted by atomic mass is 9.71. The van der Waals surface area contributed by atoms with Crippen LogP contribution in [0.3, 0.4) is 0 Å². The average molecular weight is 629 g/mol. The van der Waals surface area contributed by atoms with Crippen LogP contribution in [-0.4, -0.2) is 124 Å². The number of hydrogen-bond donors (Lipinski definition) is 1. The summed E-state index contributed by atoms with van der Waals surface area (Å²) in [6.45, 7) is 15.9. The average Bonchev–Trinajstić information content (AvgIpc) is 3.51. The monoisotopic (exact) mass is 627 g/mol. The van der Waals surface area contributed by atoms with Crippen molar-refractivity contribution < 1.29 is 29.0 Å². The number of thioether (sulfide) groups is 1. The maximum atomic E-state index is 14.5. The highest BCUT2D eigenvalue weighted by Crippen LogP contribution is 2.68. The molecule has 3 unspecified atom stereocenters. The first kappa shape index (κ1) is 30.6. The minimum Gasteiger partial charge on any atom is -0.465 e. The number of likely N-dealkylation sites (tertiary alicyclic amines) is 1. The Morgan fingerprint density at radius 2 is 2.03 bits per heavy atom. The van der Waals surface area contributed by atoms with Gasteiger partial charge in [-0.3, -0.25) is 19.3 Å². The molecule has 4 saturated heterocycles. The number of esters is 1. The summed E-state index contributed by atoms with van der Waals surface area (Å²) in [4.78, 5) is 47.8. The van der Waals surface area contributed by atoms with E-state index in [1.807, 2.05) is 13.8 Å². The molecular formula is C28H42BrN3O6S. The zero-order chi connectivity index (χ0) is 28.3. The lowest BCUT2D eigenvalue weighted by Gasteiger charge is -2.41. The zero-order valence-corrected chi connectivity index (χ0v) is 25.4. The van der Waals surface area contributed by atoms with E-state index in [2.05, 4.69) is 34.0 Å². The Kier molecular flexibility index (Phi) is 10.2. The third-order valence-corrected chi connectivity index (χ3v) is 11.8. The second kappa shape index (κ2) is 13.1. The van der Waals surface area contributed by atoms with Crippen LogP contribution in [-0.2, 0) is 23.9 Å². The van der Waals surface area contributed by atoms with Crippen molar-refractivity contribution in [2.45, 2.75) is 53.6 Å². The third kappa shape index (κ3) is 5.71. The van der Waals surface area contributed by atoms with E-state index < -0.39 is 34.6 Å². The molecule has 1 N–H and O–H groups in total. The first-order valence-electron chi connectivity index (χ1n) is 13.9. The normalized spacial score (nSPS) is 32.8. The second-order valence-corrected chi connectivity index (χ2v) is 13.9. The minimum atomic E-state index is -0.791. The predicted molar refractivity (Wildman–Crippen MR) is 155 cm³/mol. The van der Waals surface area contributed by atoms with Crippen molar-refractivity contribution in [1.29, 1.82) is 0 Å². The Hall–Kier alpha value is -1.40. The molecule has 0 aromatic heterocycles. The molecule has 1 spiro atoms. The topological polar surface area (TPSA) is 99.6 Å². The van der Waals surface area contributed by atoms with E-state index in [1.54, 1.807) is 33.7 Å². The summed E-state index contributed by atoms with van der Waals surface area (Å²) in [7, 11) is 0. The Balaban J connectivity index is 1.69. The fourth-order valence-electron chi connectivity index (χ4n) is 6.64. The number of rotatable bonds is 13. The van der Waals surface area contributed by atoms with Gasteiger partial charge in [0.1, 0.15) is 6.04 Å². The first-order valence-corrected chi connectivity index (χ1v) is 15.7. The van der Waals surface area contributed by atoms with Crippen molar-refractivity contribution in [2.75, 3.05) is 59.2 Å². The van der Waals surface area contributed by atoms with Crippen molar-refractivity contribution in [3.8, 4) is 0 Å². The van der Waals surface area contributed by atoms with Gasteiger partial charge in [0, 0.05) is 42.8 Å². The van der Waals surface area contributed by atoms with Gasteiger partial charge in [-0.25, -0.2) is 0 Å². The zero-order valence-electron chi connectivity index (χ0n) is 23.0. The quantitative estimate of drug-likeness (QED) is 0.143. The molecule has 0 radical (unpaired) electrons. The van der Waals surface area contributed by atoms with Gasteiger partial charge < -0.3 is 24.4 Å². The fraction of sp³-hybridized carbons (Fsp3) is 0.750. The number of halogens is 1. The fourth-order valence-corrected chi connectivity index (χ4v) is 10.2. The van der Waals surface area contributed by atoms with Gasteiger partial charge in [-0.2, -0.15) is 0 Å². The molecule has 4 heterocycles. The highest BCUT2D eigenvalue weighted by Gasteiger charge is 2.76. The third-order valence-electron chi connectivity index (χ3n) is 8.56. The molecule has 4 rings (SSSR count). The van der Waals surface area contributed by atoms with E-state index in [4.69, 9.17) is 9.47 Å². The number of ether oxygens (including phenoxy) is 2. The smallest absolute Gasteiger partial charge is 0.310 e. The van der Waals surface area contributed by atoms with Crippen LogP contribution in [0.2, 0.25) is 0 Å². The van der Waals surface area contributed by atoms with Gasteiger partial charge in [0.2, 0.25) is 11.8 Å². The van der Waals surface area contributed by atoms with Gasteiger partial charge in [-0.1, -0.05) is 41.9 Å². The molecule has 4 aliphatic heterocycles. The summed E-state index contributed by atoms with van der Waals surface area (Å²) in [5, 5.41) is 10.3. The van der Waals surface area contributed by atoms with E-state index >= 15 is 0 Å². The van der Waals surface area contributed by atoms with Crippen molar-refractivity contribution in [3.05, 3.63) is 25.3 Å².